The molecule has 0 saturated carbocycles. The van der Waals surface area contributed by atoms with Gasteiger partial charge in [0.05, 0.1) is 24.0 Å². The minimum atomic E-state index is -3.79. The molecule has 0 aliphatic carbocycles. The first-order valence-corrected chi connectivity index (χ1v) is 11.1. The third-order valence-electron chi connectivity index (χ3n) is 5.03. The molecule has 1 fully saturated rings. The van der Waals surface area contributed by atoms with Crippen molar-refractivity contribution in [1.82, 2.24) is 4.31 Å². The second kappa shape index (κ2) is 9.31. The molecule has 0 atom stereocenters. The number of methoxy groups -OCH3 is 2. The zero-order valence-electron chi connectivity index (χ0n) is 17.0. The standard InChI is InChI=1S/C20H25N3O6S/c1-28-19-10-7-15(13-20(19)29-2)21-17-9-8-16(14-18(17)23(24)25)30(26,27)22-11-5-3-4-6-12-22/h7-10,13-14,21H,3-6,11-12H2,1-2H3. The topological polar surface area (TPSA) is 111 Å². The molecule has 3 rings (SSSR count). The van der Waals surface area contributed by atoms with Gasteiger partial charge in [-0.05, 0) is 37.1 Å². The number of nitrogens with zero attached hydrogens (tertiary/aromatic N) is 2. The van der Waals surface area contributed by atoms with Crippen LogP contribution in [0.2, 0.25) is 0 Å². The van der Waals surface area contributed by atoms with Crippen molar-refractivity contribution in [3.05, 3.63) is 46.5 Å². The van der Waals surface area contributed by atoms with Gasteiger partial charge in [-0.15, -0.1) is 0 Å². The molecule has 1 N–H and O–H groups in total. The summed E-state index contributed by atoms with van der Waals surface area (Å²) in [5.41, 5.74) is 0.404. The largest absolute Gasteiger partial charge is 0.493 e. The summed E-state index contributed by atoms with van der Waals surface area (Å²) in [6, 6.07) is 8.93. The summed E-state index contributed by atoms with van der Waals surface area (Å²) in [7, 11) is -0.780. The van der Waals surface area contributed by atoms with Crippen molar-refractivity contribution >= 4 is 27.1 Å². The molecule has 1 aliphatic rings. The van der Waals surface area contributed by atoms with Crippen LogP contribution in [0.3, 0.4) is 0 Å². The van der Waals surface area contributed by atoms with Crippen LogP contribution in [-0.4, -0.2) is 45.0 Å². The highest BCUT2D eigenvalue weighted by molar-refractivity contribution is 7.89. The number of hydrogen-bond donors (Lipinski definition) is 1. The number of sulfonamides is 1. The Labute approximate surface area is 175 Å². The molecule has 0 amide bonds. The molecule has 1 aliphatic heterocycles. The lowest BCUT2D eigenvalue weighted by atomic mass is 10.2. The van der Waals surface area contributed by atoms with Crippen molar-refractivity contribution in [2.45, 2.75) is 30.6 Å². The number of ether oxygens (including phenoxy) is 2. The number of nitrogens with one attached hydrogen (secondary N) is 1. The van der Waals surface area contributed by atoms with E-state index in [1.165, 1.54) is 30.7 Å². The SMILES string of the molecule is COc1ccc(Nc2ccc(S(=O)(=O)N3CCCCCC3)cc2[N+](=O)[O-])cc1OC. The van der Waals surface area contributed by atoms with Crippen LogP contribution in [-0.2, 0) is 10.0 Å². The monoisotopic (exact) mass is 435 g/mol. The average molecular weight is 436 g/mol. The Morgan fingerprint density at radius 2 is 1.63 bits per heavy atom. The maximum absolute atomic E-state index is 13.0. The van der Waals surface area contributed by atoms with E-state index in [4.69, 9.17) is 9.47 Å². The highest BCUT2D eigenvalue weighted by atomic mass is 32.2. The second-order valence-corrected chi connectivity index (χ2v) is 8.89. The van der Waals surface area contributed by atoms with Gasteiger partial charge in [-0.1, -0.05) is 12.8 Å². The maximum atomic E-state index is 13.0. The van der Waals surface area contributed by atoms with Crippen LogP contribution < -0.4 is 14.8 Å². The van der Waals surface area contributed by atoms with Gasteiger partial charge >= 0.3 is 0 Å². The molecule has 0 unspecified atom stereocenters. The molecule has 9 nitrogen and oxygen atoms in total. The van der Waals surface area contributed by atoms with Gasteiger partial charge in [-0.25, -0.2) is 8.42 Å². The van der Waals surface area contributed by atoms with Crippen LogP contribution >= 0.6 is 0 Å². The van der Waals surface area contributed by atoms with Gasteiger partial charge in [-0.3, -0.25) is 10.1 Å². The molecule has 0 radical (unpaired) electrons. The van der Waals surface area contributed by atoms with E-state index < -0.39 is 14.9 Å². The van der Waals surface area contributed by atoms with Crippen molar-refractivity contribution in [1.29, 1.82) is 0 Å². The molecular formula is C20H25N3O6S. The Hall–Kier alpha value is -2.85. The van der Waals surface area contributed by atoms with E-state index in [2.05, 4.69) is 5.32 Å². The Balaban J connectivity index is 1.93. The Morgan fingerprint density at radius 3 is 2.23 bits per heavy atom. The summed E-state index contributed by atoms with van der Waals surface area (Å²) in [5, 5.41) is 14.6. The fraction of sp³-hybridized carbons (Fsp3) is 0.400. The quantitative estimate of drug-likeness (QED) is 0.518. The predicted molar refractivity (Wildman–Crippen MR) is 113 cm³/mol. The van der Waals surface area contributed by atoms with E-state index in [1.54, 1.807) is 18.2 Å². The molecular weight excluding hydrogens is 410 g/mol. The van der Waals surface area contributed by atoms with Gasteiger partial charge in [-0.2, -0.15) is 4.31 Å². The van der Waals surface area contributed by atoms with Crippen molar-refractivity contribution in [2.24, 2.45) is 0 Å². The summed E-state index contributed by atoms with van der Waals surface area (Å²) in [6.07, 6.45) is 3.56. The van der Waals surface area contributed by atoms with Crippen LogP contribution in [0.25, 0.3) is 0 Å². The van der Waals surface area contributed by atoms with Crippen LogP contribution in [0.15, 0.2) is 41.3 Å². The van der Waals surface area contributed by atoms with Crippen molar-refractivity contribution < 1.29 is 22.8 Å². The predicted octanol–water partition coefficient (Wildman–Crippen LogP) is 3.92. The van der Waals surface area contributed by atoms with Crippen molar-refractivity contribution in [3.8, 4) is 11.5 Å². The molecule has 0 bridgehead atoms. The highest BCUT2D eigenvalue weighted by Gasteiger charge is 2.28. The lowest BCUT2D eigenvalue weighted by Gasteiger charge is -2.20. The van der Waals surface area contributed by atoms with Crippen molar-refractivity contribution in [3.63, 3.8) is 0 Å². The van der Waals surface area contributed by atoms with Gasteiger partial charge in [0.25, 0.3) is 5.69 Å². The van der Waals surface area contributed by atoms with E-state index in [9.17, 15) is 18.5 Å². The van der Waals surface area contributed by atoms with Crippen molar-refractivity contribution in [2.75, 3.05) is 32.6 Å². The fourth-order valence-electron chi connectivity index (χ4n) is 3.43. The zero-order valence-corrected chi connectivity index (χ0v) is 17.8. The van der Waals surface area contributed by atoms with Gasteiger partial charge in [0.2, 0.25) is 10.0 Å². The molecule has 2 aromatic rings. The molecule has 0 spiro atoms. The lowest BCUT2D eigenvalue weighted by molar-refractivity contribution is -0.384. The third-order valence-corrected chi connectivity index (χ3v) is 6.93. The third kappa shape index (κ3) is 4.65. The van der Waals surface area contributed by atoms with Gasteiger partial charge < -0.3 is 14.8 Å². The normalized spacial score (nSPS) is 15.3. The number of nitro benzene ring substituents is 1. The van der Waals surface area contributed by atoms with E-state index in [-0.39, 0.29) is 16.3 Å². The Morgan fingerprint density at radius 1 is 0.967 bits per heavy atom. The van der Waals surface area contributed by atoms with E-state index >= 15 is 0 Å². The van der Waals surface area contributed by atoms with Crippen LogP contribution in [0.5, 0.6) is 11.5 Å². The summed E-state index contributed by atoms with van der Waals surface area (Å²) in [4.78, 5) is 11.0. The van der Waals surface area contributed by atoms with E-state index in [0.717, 1.165) is 31.7 Å². The molecule has 2 aromatic carbocycles. The first-order chi connectivity index (χ1) is 14.4. The fourth-order valence-corrected chi connectivity index (χ4v) is 4.97. The molecule has 30 heavy (non-hydrogen) atoms. The molecule has 1 saturated heterocycles. The average Bonchev–Trinajstić information content (AvgIpc) is 3.03. The first kappa shape index (κ1) is 21.8. The summed E-state index contributed by atoms with van der Waals surface area (Å²) < 4.78 is 37.8. The number of nitro groups is 1. The van der Waals surface area contributed by atoms with E-state index in [1.807, 2.05) is 0 Å². The van der Waals surface area contributed by atoms with Gasteiger partial charge in [0, 0.05) is 30.9 Å². The number of hydrogen-bond acceptors (Lipinski definition) is 7. The number of rotatable bonds is 7. The van der Waals surface area contributed by atoms with Gasteiger partial charge in [0.15, 0.2) is 11.5 Å². The summed E-state index contributed by atoms with van der Waals surface area (Å²) in [5.74, 6) is 0.988. The molecule has 162 valence electrons. The minimum Gasteiger partial charge on any atom is -0.493 e. The molecule has 10 heteroatoms. The molecule has 0 aromatic heterocycles. The second-order valence-electron chi connectivity index (χ2n) is 6.95. The van der Waals surface area contributed by atoms with Crippen LogP contribution in [0.4, 0.5) is 17.1 Å². The molecule has 1 heterocycles. The minimum absolute atomic E-state index is 0.0750. The van der Waals surface area contributed by atoms with Gasteiger partial charge in [0.1, 0.15) is 5.69 Å². The number of anilines is 2. The van der Waals surface area contributed by atoms with Crippen LogP contribution in [0, 0.1) is 10.1 Å². The van der Waals surface area contributed by atoms with E-state index in [0.29, 0.717) is 30.3 Å². The summed E-state index contributed by atoms with van der Waals surface area (Å²) >= 11 is 0. The first-order valence-electron chi connectivity index (χ1n) is 9.64. The van der Waals surface area contributed by atoms with Crippen LogP contribution in [0.1, 0.15) is 25.7 Å². The Kier molecular flexibility index (Phi) is 6.78. The number of benzene rings is 2. The Bertz CT molecular complexity index is 1020. The smallest absolute Gasteiger partial charge is 0.294 e. The lowest BCUT2D eigenvalue weighted by Crippen LogP contribution is -2.32. The zero-order chi connectivity index (χ0) is 21.7. The maximum Gasteiger partial charge on any atom is 0.294 e. The highest BCUT2D eigenvalue weighted by Crippen LogP contribution is 2.35. The summed E-state index contributed by atoms with van der Waals surface area (Å²) in [6.45, 7) is 0.865.